The highest BCUT2D eigenvalue weighted by Gasteiger charge is 2.14. The van der Waals surface area contributed by atoms with Crippen LogP contribution in [0.4, 0.5) is 0 Å². The van der Waals surface area contributed by atoms with Crippen LogP contribution in [0.1, 0.15) is 0 Å². The van der Waals surface area contributed by atoms with Crippen molar-refractivity contribution in [2.75, 3.05) is 0 Å². The van der Waals surface area contributed by atoms with Gasteiger partial charge in [0.15, 0.2) is 5.15 Å². The van der Waals surface area contributed by atoms with Crippen LogP contribution in [-0.4, -0.2) is 18.4 Å². The lowest BCUT2D eigenvalue weighted by Gasteiger charge is -1.98. The van der Waals surface area contributed by atoms with Crippen molar-refractivity contribution >= 4 is 33.2 Å². The van der Waals surface area contributed by atoms with Gasteiger partial charge in [-0.05, 0) is 11.6 Å². The number of aromatic nitrogens is 2. The van der Waals surface area contributed by atoms with Gasteiger partial charge in [0, 0.05) is 0 Å². The zero-order valence-corrected chi connectivity index (χ0v) is 7.86. The number of primary sulfonamides is 1. The van der Waals surface area contributed by atoms with E-state index < -0.39 is 10.0 Å². The largest absolute Gasteiger partial charge is 0.242 e. The summed E-state index contributed by atoms with van der Waals surface area (Å²) in [6.45, 7) is 0. The van der Waals surface area contributed by atoms with Crippen LogP contribution < -0.4 is 5.14 Å². The van der Waals surface area contributed by atoms with Crippen LogP contribution in [-0.2, 0) is 10.0 Å². The fourth-order valence-electron chi connectivity index (χ4n) is 0.521. The fraction of sp³-hybridized carbons (Fsp3) is 0. The second-order valence-corrected chi connectivity index (χ2v) is 4.07. The molecule has 12 heavy (non-hydrogen) atoms. The normalized spacial score (nSPS) is 11.6. The second kappa shape index (κ2) is 3.14. The maximum absolute atomic E-state index is 10.7. The highest BCUT2D eigenvalue weighted by Crippen LogP contribution is 2.17. The van der Waals surface area contributed by atoms with E-state index in [0.29, 0.717) is 0 Å². The first-order valence-corrected chi connectivity index (χ1v) is 4.92. The van der Waals surface area contributed by atoms with E-state index >= 15 is 0 Å². The molecule has 8 heteroatoms. The van der Waals surface area contributed by atoms with Crippen molar-refractivity contribution in [2.24, 2.45) is 5.14 Å². The number of hydrogen-bond acceptors (Lipinski definition) is 4. The summed E-state index contributed by atoms with van der Waals surface area (Å²) in [6, 6.07) is 0. The summed E-state index contributed by atoms with van der Waals surface area (Å²) in [5, 5.41) is 4.36. The molecular weight excluding hydrogens is 225 g/mol. The van der Waals surface area contributed by atoms with Gasteiger partial charge in [-0.3, -0.25) is 0 Å². The predicted molar refractivity (Wildman–Crippen MR) is 43.4 cm³/mol. The van der Waals surface area contributed by atoms with E-state index in [4.69, 9.17) is 28.3 Å². The number of nitrogens with zero attached hydrogens (tertiary/aromatic N) is 2. The molecule has 0 spiro atoms. The van der Waals surface area contributed by atoms with Crippen LogP contribution in [0.15, 0.2) is 11.1 Å². The molecule has 0 saturated carbocycles. The molecule has 0 saturated heterocycles. The summed E-state index contributed by atoms with van der Waals surface area (Å²) < 4.78 is 21.5. The van der Waals surface area contributed by atoms with E-state index in [9.17, 15) is 8.42 Å². The Balaban J connectivity index is 3.39. The summed E-state index contributed by atoms with van der Waals surface area (Å²) in [6.07, 6.45) is 0.951. The van der Waals surface area contributed by atoms with Crippen molar-refractivity contribution in [3.8, 4) is 0 Å². The molecule has 0 bridgehead atoms. The molecule has 1 heterocycles. The Labute approximate surface area is 78.6 Å². The third kappa shape index (κ3) is 2.04. The summed E-state index contributed by atoms with van der Waals surface area (Å²) in [5.41, 5.74) is 0. The molecular formula is C4H3Cl2N3O2S. The first-order chi connectivity index (χ1) is 5.41. The number of halogens is 2. The van der Waals surface area contributed by atoms with Gasteiger partial charge in [-0.15, -0.1) is 0 Å². The number of nitrogens with two attached hydrogens (primary N) is 1. The van der Waals surface area contributed by atoms with Crippen LogP contribution in [0.3, 0.4) is 0 Å². The zero-order chi connectivity index (χ0) is 9.35. The van der Waals surface area contributed by atoms with E-state index in [1.165, 1.54) is 0 Å². The predicted octanol–water partition coefficient (Wildman–Crippen LogP) is 0.431. The van der Waals surface area contributed by atoms with E-state index in [0.717, 1.165) is 6.20 Å². The van der Waals surface area contributed by atoms with Crippen molar-refractivity contribution in [1.29, 1.82) is 0 Å². The first-order valence-electron chi connectivity index (χ1n) is 2.62. The third-order valence-electron chi connectivity index (χ3n) is 0.989. The molecule has 1 aromatic heterocycles. The Morgan fingerprint density at radius 2 is 2.00 bits per heavy atom. The Bertz CT molecular complexity index is 405. The van der Waals surface area contributed by atoms with Crippen LogP contribution in [0.25, 0.3) is 0 Å². The standard InChI is InChI=1S/C4H3Cl2N3O2S/c5-3-2(12(7,10)11)1-8-4(6)9-3/h1H,(H2,7,10,11). The minimum atomic E-state index is -3.87. The molecule has 0 unspecified atom stereocenters. The molecule has 0 aliphatic rings. The van der Waals surface area contributed by atoms with Crippen LogP contribution in [0.5, 0.6) is 0 Å². The molecule has 0 amide bonds. The maximum atomic E-state index is 10.7. The van der Waals surface area contributed by atoms with Crippen molar-refractivity contribution in [1.82, 2.24) is 9.97 Å². The molecule has 0 atom stereocenters. The SMILES string of the molecule is NS(=O)(=O)c1cnc(Cl)nc1Cl. The monoisotopic (exact) mass is 227 g/mol. The van der Waals surface area contributed by atoms with Crippen LogP contribution in [0, 0.1) is 0 Å². The molecule has 2 N–H and O–H groups in total. The minimum Gasteiger partial charge on any atom is -0.225 e. The molecule has 1 rings (SSSR count). The molecule has 0 aliphatic carbocycles. The van der Waals surface area contributed by atoms with Gasteiger partial charge in [0.25, 0.3) is 0 Å². The lowest BCUT2D eigenvalue weighted by Crippen LogP contribution is -2.13. The fourth-order valence-corrected chi connectivity index (χ4v) is 1.63. The Hall–Kier alpha value is -0.430. The smallest absolute Gasteiger partial charge is 0.225 e. The number of sulfonamides is 1. The van der Waals surface area contributed by atoms with Crippen molar-refractivity contribution in [2.45, 2.75) is 4.90 Å². The van der Waals surface area contributed by atoms with Gasteiger partial charge < -0.3 is 0 Å². The first kappa shape index (κ1) is 9.66. The second-order valence-electron chi connectivity index (χ2n) is 1.84. The summed E-state index contributed by atoms with van der Waals surface area (Å²) in [5.74, 6) is 0. The van der Waals surface area contributed by atoms with Gasteiger partial charge in [-0.25, -0.2) is 23.5 Å². The Kier molecular flexibility index (Phi) is 2.52. The summed E-state index contributed by atoms with van der Waals surface area (Å²) in [7, 11) is -3.87. The average molecular weight is 228 g/mol. The molecule has 0 fully saturated rings. The topological polar surface area (TPSA) is 85.9 Å². The molecule has 0 radical (unpaired) electrons. The van der Waals surface area contributed by atoms with E-state index in [1.807, 2.05) is 0 Å². The summed E-state index contributed by atoms with van der Waals surface area (Å²) >= 11 is 10.7. The lowest BCUT2D eigenvalue weighted by molar-refractivity contribution is 0.597. The molecule has 1 aromatic rings. The molecule has 5 nitrogen and oxygen atoms in total. The third-order valence-corrected chi connectivity index (χ3v) is 2.48. The molecule has 66 valence electrons. The van der Waals surface area contributed by atoms with Gasteiger partial charge in [-0.2, -0.15) is 0 Å². The summed E-state index contributed by atoms with van der Waals surface area (Å²) in [4.78, 5) is 6.48. The lowest BCUT2D eigenvalue weighted by atomic mass is 10.7. The van der Waals surface area contributed by atoms with Gasteiger partial charge in [0.1, 0.15) is 4.90 Å². The van der Waals surface area contributed by atoms with E-state index in [-0.39, 0.29) is 15.3 Å². The van der Waals surface area contributed by atoms with Crippen molar-refractivity contribution in [3.05, 3.63) is 16.6 Å². The van der Waals surface area contributed by atoms with E-state index in [2.05, 4.69) is 9.97 Å². The van der Waals surface area contributed by atoms with Crippen molar-refractivity contribution < 1.29 is 8.42 Å². The van der Waals surface area contributed by atoms with Gasteiger partial charge in [0.2, 0.25) is 15.3 Å². The molecule has 0 aliphatic heterocycles. The number of rotatable bonds is 1. The number of hydrogen-bond donors (Lipinski definition) is 1. The highest BCUT2D eigenvalue weighted by molar-refractivity contribution is 7.89. The van der Waals surface area contributed by atoms with Gasteiger partial charge >= 0.3 is 0 Å². The van der Waals surface area contributed by atoms with E-state index in [1.54, 1.807) is 0 Å². The van der Waals surface area contributed by atoms with Crippen LogP contribution >= 0.6 is 23.2 Å². The maximum Gasteiger partial charge on any atom is 0.242 e. The van der Waals surface area contributed by atoms with Crippen LogP contribution in [0.2, 0.25) is 10.4 Å². The van der Waals surface area contributed by atoms with Gasteiger partial charge in [0.05, 0.1) is 6.20 Å². The molecule has 0 aromatic carbocycles. The Morgan fingerprint density at radius 1 is 1.42 bits per heavy atom. The minimum absolute atomic E-state index is 0.132. The highest BCUT2D eigenvalue weighted by atomic mass is 35.5. The Morgan fingerprint density at radius 3 is 2.42 bits per heavy atom. The quantitative estimate of drug-likeness (QED) is 0.557. The zero-order valence-electron chi connectivity index (χ0n) is 5.53. The van der Waals surface area contributed by atoms with Gasteiger partial charge in [-0.1, -0.05) is 11.6 Å². The average Bonchev–Trinajstić information content (AvgIpc) is 1.83. The van der Waals surface area contributed by atoms with Crippen molar-refractivity contribution in [3.63, 3.8) is 0 Å².